The van der Waals surface area contributed by atoms with Crippen LogP contribution in [0, 0.1) is 11.6 Å². The highest BCUT2D eigenvalue weighted by atomic mass is 32.2. The van der Waals surface area contributed by atoms with Crippen molar-refractivity contribution in [1.29, 1.82) is 0 Å². The highest BCUT2D eigenvalue weighted by Crippen LogP contribution is 2.23. The summed E-state index contributed by atoms with van der Waals surface area (Å²) >= 11 is 1.69. The molecule has 2 rings (SSSR count). The molecule has 1 unspecified atom stereocenters. The molecule has 1 nitrogen and oxygen atoms in total. The summed E-state index contributed by atoms with van der Waals surface area (Å²) in [5.41, 5.74) is 1.78. The number of thioether (sulfide) groups is 1. The zero-order valence-corrected chi connectivity index (χ0v) is 13.0. The van der Waals surface area contributed by atoms with E-state index >= 15 is 0 Å². The number of nitrogens with one attached hydrogen (secondary N) is 1. The molecule has 0 heterocycles. The van der Waals surface area contributed by atoms with E-state index in [9.17, 15) is 8.78 Å². The molecule has 0 aliphatic carbocycles. The fourth-order valence-electron chi connectivity index (χ4n) is 2.35. The average Bonchev–Trinajstić information content (AvgIpc) is 2.46. The van der Waals surface area contributed by atoms with Crippen LogP contribution < -0.4 is 5.32 Å². The Morgan fingerprint density at radius 3 is 2.19 bits per heavy atom. The zero-order chi connectivity index (χ0) is 15.2. The number of hydrogen-bond acceptors (Lipinski definition) is 2. The average molecular weight is 307 g/mol. The van der Waals surface area contributed by atoms with Crippen molar-refractivity contribution in [1.82, 2.24) is 5.32 Å². The molecule has 0 fully saturated rings. The first kappa shape index (κ1) is 16.0. The first-order valence-electron chi connectivity index (χ1n) is 6.94. The van der Waals surface area contributed by atoms with Crippen molar-refractivity contribution in [3.8, 4) is 0 Å². The highest BCUT2D eigenvalue weighted by molar-refractivity contribution is 7.98. The molecule has 112 valence electrons. The van der Waals surface area contributed by atoms with Crippen molar-refractivity contribution in [2.75, 3.05) is 12.8 Å². The van der Waals surface area contributed by atoms with Gasteiger partial charge in [-0.2, -0.15) is 0 Å². The summed E-state index contributed by atoms with van der Waals surface area (Å²) in [4.78, 5) is 1.20. The number of hydrogen-bond donors (Lipinski definition) is 1. The van der Waals surface area contributed by atoms with E-state index < -0.39 is 11.6 Å². The standard InChI is InChI=1S/C17H19F2NS/c1-3-20-17(13-4-6-16(21-2)7-5-13)10-12-8-14(18)11-15(19)9-12/h4-9,11,17,20H,3,10H2,1-2H3. The number of halogens is 2. The van der Waals surface area contributed by atoms with Gasteiger partial charge >= 0.3 is 0 Å². The van der Waals surface area contributed by atoms with Gasteiger partial charge < -0.3 is 5.32 Å². The van der Waals surface area contributed by atoms with Crippen molar-refractivity contribution in [2.24, 2.45) is 0 Å². The van der Waals surface area contributed by atoms with E-state index in [2.05, 4.69) is 29.6 Å². The van der Waals surface area contributed by atoms with Gasteiger partial charge in [-0.25, -0.2) is 8.78 Å². The van der Waals surface area contributed by atoms with Crippen LogP contribution in [-0.4, -0.2) is 12.8 Å². The first-order valence-corrected chi connectivity index (χ1v) is 8.17. The van der Waals surface area contributed by atoms with Gasteiger partial charge in [0.2, 0.25) is 0 Å². The highest BCUT2D eigenvalue weighted by Gasteiger charge is 2.12. The Bertz CT molecular complexity index is 564. The SMILES string of the molecule is CCNC(Cc1cc(F)cc(F)c1)c1ccc(SC)cc1. The largest absolute Gasteiger partial charge is 0.310 e. The third-order valence-corrected chi connectivity index (χ3v) is 4.07. The second-order valence-electron chi connectivity index (χ2n) is 4.87. The zero-order valence-electron chi connectivity index (χ0n) is 12.2. The molecule has 0 amide bonds. The minimum absolute atomic E-state index is 0.0482. The molecular weight excluding hydrogens is 288 g/mol. The summed E-state index contributed by atoms with van der Waals surface area (Å²) in [6, 6.07) is 12.0. The lowest BCUT2D eigenvalue weighted by atomic mass is 9.98. The molecule has 2 aromatic rings. The third kappa shape index (κ3) is 4.55. The smallest absolute Gasteiger partial charge is 0.126 e. The maximum absolute atomic E-state index is 13.3. The van der Waals surface area contributed by atoms with Crippen LogP contribution in [0.5, 0.6) is 0 Å². The number of likely N-dealkylation sites (N-methyl/N-ethyl adjacent to an activating group) is 1. The van der Waals surface area contributed by atoms with Crippen LogP contribution in [0.25, 0.3) is 0 Å². The molecule has 0 aliphatic rings. The van der Waals surface area contributed by atoms with Crippen molar-refractivity contribution < 1.29 is 8.78 Å². The molecule has 0 saturated carbocycles. The van der Waals surface area contributed by atoms with Crippen LogP contribution in [0.3, 0.4) is 0 Å². The Hall–Kier alpha value is -1.39. The van der Waals surface area contributed by atoms with Gasteiger partial charge in [0.1, 0.15) is 11.6 Å². The van der Waals surface area contributed by atoms with Gasteiger partial charge in [-0.3, -0.25) is 0 Å². The summed E-state index contributed by atoms with van der Waals surface area (Å²) in [6.07, 6.45) is 2.59. The lowest BCUT2D eigenvalue weighted by Crippen LogP contribution is -2.23. The Morgan fingerprint density at radius 1 is 1.05 bits per heavy atom. The second-order valence-corrected chi connectivity index (χ2v) is 5.74. The molecule has 2 aromatic carbocycles. The van der Waals surface area contributed by atoms with Crippen LogP contribution in [0.2, 0.25) is 0 Å². The third-order valence-electron chi connectivity index (χ3n) is 3.33. The Labute approximate surface area is 128 Å². The quantitative estimate of drug-likeness (QED) is 0.784. The topological polar surface area (TPSA) is 12.0 Å². The Kier molecular flexibility index (Phi) is 5.76. The van der Waals surface area contributed by atoms with E-state index in [1.54, 1.807) is 11.8 Å². The van der Waals surface area contributed by atoms with E-state index in [4.69, 9.17) is 0 Å². The first-order chi connectivity index (χ1) is 10.1. The molecule has 0 spiro atoms. The van der Waals surface area contributed by atoms with Gasteiger partial charge in [0.05, 0.1) is 0 Å². The molecule has 0 saturated heterocycles. The minimum atomic E-state index is -0.530. The molecule has 0 radical (unpaired) electrons. The molecule has 1 atom stereocenters. The lowest BCUT2D eigenvalue weighted by molar-refractivity contribution is 0.538. The monoisotopic (exact) mass is 307 g/mol. The van der Waals surface area contributed by atoms with Crippen LogP contribution >= 0.6 is 11.8 Å². The molecule has 4 heteroatoms. The van der Waals surface area contributed by atoms with Gasteiger partial charge in [-0.15, -0.1) is 11.8 Å². The number of rotatable bonds is 6. The van der Waals surface area contributed by atoms with E-state index in [0.717, 1.165) is 18.2 Å². The van der Waals surface area contributed by atoms with E-state index in [1.807, 2.05) is 13.2 Å². The van der Waals surface area contributed by atoms with Crippen molar-refractivity contribution in [3.05, 3.63) is 65.2 Å². The van der Waals surface area contributed by atoms with Crippen molar-refractivity contribution >= 4 is 11.8 Å². The van der Waals surface area contributed by atoms with Gasteiger partial charge in [-0.1, -0.05) is 19.1 Å². The van der Waals surface area contributed by atoms with Gasteiger partial charge in [0.15, 0.2) is 0 Å². The molecular formula is C17H19F2NS. The summed E-state index contributed by atoms with van der Waals surface area (Å²) in [5, 5.41) is 3.37. The molecule has 0 bridgehead atoms. The fraction of sp³-hybridized carbons (Fsp3) is 0.294. The second kappa shape index (κ2) is 7.57. The lowest BCUT2D eigenvalue weighted by Gasteiger charge is -2.19. The van der Waals surface area contributed by atoms with E-state index in [0.29, 0.717) is 12.0 Å². The maximum Gasteiger partial charge on any atom is 0.126 e. The Morgan fingerprint density at radius 2 is 1.67 bits per heavy atom. The van der Waals surface area contributed by atoms with Crippen LogP contribution in [0.15, 0.2) is 47.4 Å². The summed E-state index contributed by atoms with van der Waals surface area (Å²) in [7, 11) is 0. The normalized spacial score (nSPS) is 12.4. The molecule has 1 N–H and O–H groups in total. The van der Waals surface area contributed by atoms with Crippen LogP contribution in [-0.2, 0) is 6.42 Å². The number of benzene rings is 2. The predicted octanol–water partition coefficient (Wildman–Crippen LogP) is 4.58. The maximum atomic E-state index is 13.3. The van der Waals surface area contributed by atoms with Crippen LogP contribution in [0.1, 0.15) is 24.1 Å². The molecule has 0 aliphatic heterocycles. The summed E-state index contributed by atoms with van der Waals surface area (Å²) in [6.45, 7) is 2.82. The van der Waals surface area contributed by atoms with Crippen molar-refractivity contribution in [2.45, 2.75) is 24.3 Å². The van der Waals surface area contributed by atoms with Gasteiger partial charge in [0.25, 0.3) is 0 Å². The summed E-state index contributed by atoms with van der Waals surface area (Å²) < 4.78 is 26.6. The molecule has 0 aromatic heterocycles. The summed E-state index contributed by atoms with van der Waals surface area (Å²) in [5.74, 6) is -1.06. The predicted molar refractivity (Wildman–Crippen MR) is 84.7 cm³/mol. The van der Waals surface area contributed by atoms with Crippen LogP contribution in [0.4, 0.5) is 8.78 Å². The Balaban J connectivity index is 2.21. The fourth-order valence-corrected chi connectivity index (χ4v) is 2.76. The van der Waals surface area contributed by atoms with Crippen molar-refractivity contribution in [3.63, 3.8) is 0 Å². The molecule has 21 heavy (non-hydrogen) atoms. The van der Waals surface area contributed by atoms with E-state index in [1.165, 1.54) is 17.0 Å². The van der Waals surface area contributed by atoms with E-state index in [-0.39, 0.29) is 6.04 Å². The van der Waals surface area contributed by atoms with Gasteiger partial charge in [-0.05, 0) is 54.6 Å². The van der Waals surface area contributed by atoms with Gasteiger partial charge in [0, 0.05) is 17.0 Å². The minimum Gasteiger partial charge on any atom is -0.310 e.